The maximum Gasteiger partial charge on any atom is 0.339 e. The van der Waals surface area contributed by atoms with Crippen molar-refractivity contribution in [2.24, 2.45) is 0 Å². The molecule has 2 amide bonds. The summed E-state index contributed by atoms with van der Waals surface area (Å²) in [6.07, 6.45) is 1.49. The lowest BCUT2D eigenvalue weighted by Crippen LogP contribution is -2.27. The summed E-state index contributed by atoms with van der Waals surface area (Å²) in [6, 6.07) is 20.4. The van der Waals surface area contributed by atoms with E-state index in [1.54, 1.807) is 30.3 Å². The number of benzene rings is 3. The van der Waals surface area contributed by atoms with Crippen molar-refractivity contribution in [1.29, 1.82) is 0 Å². The molecule has 0 spiro atoms. The van der Waals surface area contributed by atoms with Gasteiger partial charge in [0.2, 0.25) is 0 Å². The summed E-state index contributed by atoms with van der Waals surface area (Å²) in [6.45, 7) is 3.99. The van der Waals surface area contributed by atoms with Crippen LogP contribution in [0.4, 0.5) is 4.79 Å². The van der Waals surface area contributed by atoms with E-state index in [2.05, 4.69) is 0 Å². The van der Waals surface area contributed by atoms with Gasteiger partial charge in [0.25, 0.3) is 11.1 Å². The second-order valence-electron chi connectivity index (χ2n) is 7.64. The molecule has 0 atom stereocenters. The van der Waals surface area contributed by atoms with Crippen LogP contribution in [-0.4, -0.2) is 24.5 Å². The molecule has 0 N–H and O–H groups in total. The van der Waals surface area contributed by atoms with Gasteiger partial charge in [0.15, 0.2) is 0 Å². The number of rotatable bonds is 6. The van der Waals surface area contributed by atoms with Gasteiger partial charge in [-0.15, -0.1) is 0 Å². The minimum Gasteiger partial charge on any atom is -0.378 e. The molecule has 1 aliphatic heterocycles. The molecule has 0 aliphatic carbocycles. The molecule has 3 aromatic rings. The third kappa shape index (κ3) is 5.18. The highest BCUT2D eigenvalue weighted by Crippen LogP contribution is 2.35. The number of imide groups is 1. The van der Waals surface area contributed by atoms with E-state index in [-0.39, 0.29) is 27.3 Å². The van der Waals surface area contributed by atoms with E-state index >= 15 is 0 Å². The lowest BCUT2D eigenvalue weighted by Gasteiger charge is -2.12. The van der Waals surface area contributed by atoms with E-state index in [1.165, 1.54) is 29.2 Å². The fourth-order valence-electron chi connectivity index (χ4n) is 3.20. The van der Waals surface area contributed by atoms with Gasteiger partial charge in [-0.3, -0.25) is 14.5 Å². The summed E-state index contributed by atoms with van der Waals surface area (Å²) in [5.41, 5.74) is 3.24. The molecule has 168 valence electrons. The average molecular weight is 480 g/mol. The zero-order chi connectivity index (χ0) is 23.6. The van der Waals surface area contributed by atoms with Crippen molar-refractivity contribution in [3.63, 3.8) is 0 Å². The van der Waals surface area contributed by atoms with Gasteiger partial charge in [-0.2, -0.15) is 8.42 Å². The van der Waals surface area contributed by atoms with Crippen LogP contribution in [-0.2, 0) is 21.5 Å². The number of thioether (sulfide) groups is 1. The van der Waals surface area contributed by atoms with Crippen molar-refractivity contribution in [3.05, 3.63) is 100.0 Å². The molecular formula is C25H21NO5S2. The van der Waals surface area contributed by atoms with Crippen molar-refractivity contribution < 1.29 is 22.2 Å². The molecule has 0 bridgehead atoms. The highest BCUT2D eigenvalue weighted by atomic mass is 32.2. The molecular weight excluding hydrogens is 458 g/mol. The number of amides is 2. The highest BCUT2D eigenvalue weighted by molar-refractivity contribution is 8.18. The van der Waals surface area contributed by atoms with Crippen LogP contribution in [0.15, 0.2) is 82.6 Å². The molecule has 6 nitrogen and oxygen atoms in total. The Labute approximate surface area is 197 Å². The molecule has 1 saturated heterocycles. The van der Waals surface area contributed by atoms with Crippen LogP contribution in [0.5, 0.6) is 5.75 Å². The van der Waals surface area contributed by atoms with Crippen LogP contribution in [0.2, 0.25) is 0 Å². The number of para-hydroxylation sites is 1. The Morgan fingerprint density at radius 3 is 2.15 bits per heavy atom. The highest BCUT2D eigenvalue weighted by Gasteiger charge is 2.35. The number of carbonyl (C=O) groups is 2. The quantitative estimate of drug-likeness (QED) is 0.352. The van der Waals surface area contributed by atoms with E-state index in [9.17, 15) is 18.0 Å². The maximum absolute atomic E-state index is 12.9. The first-order valence-electron chi connectivity index (χ1n) is 10.1. The Morgan fingerprint density at radius 2 is 1.48 bits per heavy atom. The molecule has 0 saturated carbocycles. The topological polar surface area (TPSA) is 80.8 Å². The van der Waals surface area contributed by atoms with Crippen LogP contribution in [0.3, 0.4) is 0 Å². The maximum atomic E-state index is 12.9. The first-order valence-corrected chi connectivity index (χ1v) is 12.4. The Hall–Kier alpha value is -3.36. The second kappa shape index (κ2) is 9.25. The van der Waals surface area contributed by atoms with Crippen LogP contribution in [0.25, 0.3) is 6.08 Å². The summed E-state index contributed by atoms with van der Waals surface area (Å²) in [5.74, 6) is -0.356. The van der Waals surface area contributed by atoms with Crippen LogP contribution >= 0.6 is 11.8 Å². The zero-order valence-corrected chi connectivity index (χ0v) is 19.7. The van der Waals surface area contributed by atoms with E-state index in [0.29, 0.717) is 5.56 Å². The first-order chi connectivity index (χ1) is 15.7. The second-order valence-corrected chi connectivity index (χ2v) is 10.2. The number of hydrogen-bond donors (Lipinski definition) is 0. The van der Waals surface area contributed by atoms with Gasteiger partial charge >= 0.3 is 10.1 Å². The fraction of sp³-hybridized carbons (Fsp3) is 0.120. The lowest BCUT2D eigenvalue weighted by molar-refractivity contribution is -0.123. The van der Waals surface area contributed by atoms with Crippen LogP contribution < -0.4 is 4.18 Å². The Bertz CT molecular complexity index is 1340. The van der Waals surface area contributed by atoms with E-state index in [1.807, 2.05) is 38.1 Å². The summed E-state index contributed by atoms with van der Waals surface area (Å²) in [5, 5.41) is -0.377. The number of nitrogens with zero attached hydrogens (tertiary/aromatic N) is 1. The summed E-state index contributed by atoms with van der Waals surface area (Å²) < 4.78 is 30.8. The van der Waals surface area contributed by atoms with E-state index in [4.69, 9.17) is 4.18 Å². The fourth-order valence-corrected chi connectivity index (χ4v) is 4.98. The molecule has 8 heteroatoms. The summed E-state index contributed by atoms with van der Waals surface area (Å²) in [4.78, 5) is 26.8. The third-order valence-electron chi connectivity index (χ3n) is 5.05. The smallest absolute Gasteiger partial charge is 0.339 e. The molecule has 1 aliphatic rings. The molecule has 1 fully saturated rings. The molecule has 0 aromatic heterocycles. The third-order valence-corrected chi connectivity index (χ3v) is 7.21. The van der Waals surface area contributed by atoms with Crippen molar-refractivity contribution in [3.8, 4) is 5.75 Å². The van der Waals surface area contributed by atoms with E-state index < -0.39 is 16.0 Å². The summed E-state index contributed by atoms with van der Waals surface area (Å²) >= 11 is 0.817. The molecule has 33 heavy (non-hydrogen) atoms. The van der Waals surface area contributed by atoms with Crippen LogP contribution in [0.1, 0.15) is 22.3 Å². The van der Waals surface area contributed by atoms with Crippen LogP contribution in [0, 0.1) is 13.8 Å². The monoisotopic (exact) mass is 479 g/mol. The zero-order valence-electron chi connectivity index (χ0n) is 18.0. The van der Waals surface area contributed by atoms with Gasteiger partial charge in [0, 0.05) is 5.56 Å². The molecule has 0 unspecified atom stereocenters. The standard InChI is InChI=1S/C25H21NO5S2/c1-17-7-11-19(12-8-17)16-26-24(27)23(32-25(26)28)15-20-5-3-4-6-22(20)31-33(29,30)21-13-9-18(2)10-14-21/h3-15H,16H2,1-2H3/b23-15-. The van der Waals surface area contributed by atoms with Crippen molar-refractivity contribution in [1.82, 2.24) is 4.90 Å². The van der Waals surface area contributed by atoms with E-state index in [0.717, 1.165) is 28.5 Å². The molecule has 4 rings (SSSR count). The minimum atomic E-state index is -4.06. The van der Waals surface area contributed by atoms with Crippen molar-refractivity contribution >= 4 is 39.1 Å². The van der Waals surface area contributed by atoms with Gasteiger partial charge in [0.1, 0.15) is 10.6 Å². The molecule has 1 heterocycles. The van der Waals surface area contributed by atoms with Gasteiger partial charge in [-0.05, 0) is 55.4 Å². The largest absolute Gasteiger partial charge is 0.378 e. The number of aryl methyl sites for hydroxylation is 2. The SMILES string of the molecule is Cc1ccc(CN2C(=O)S/C(=C\c3ccccc3OS(=O)(=O)c3ccc(C)cc3)C2=O)cc1. The predicted octanol–water partition coefficient (Wildman–Crippen LogP) is 5.31. The Kier molecular flexibility index (Phi) is 6.40. The number of carbonyl (C=O) groups excluding carboxylic acids is 2. The summed E-state index contributed by atoms with van der Waals surface area (Å²) in [7, 11) is -4.06. The van der Waals surface area contributed by atoms with Gasteiger partial charge in [0.05, 0.1) is 11.4 Å². The Morgan fingerprint density at radius 1 is 0.879 bits per heavy atom. The van der Waals surface area contributed by atoms with Gasteiger partial charge < -0.3 is 4.18 Å². The molecule has 0 radical (unpaired) electrons. The lowest BCUT2D eigenvalue weighted by atomic mass is 10.1. The van der Waals surface area contributed by atoms with Gasteiger partial charge in [-0.1, -0.05) is 65.7 Å². The normalized spacial score (nSPS) is 15.3. The van der Waals surface area contributed by atoms with Crippen molar-refractivity contribution in [2.45, 2.75) is 25.3 Å². The van der Waals surface area contributed by atoms with Crippen molar-refractivity contribution in [2.75, 3.05) is 0 Å². The predicted molar refractivity (Wildman–Crippen MR) is 128 cm³/mol. The number of hydrogen-bond acceptors (Lipinski definition) is 6. The average Bonchev–Trinajstić information content (AvgIpc) is 3.04. The molecule has 3 aromatic carbocycles. The van der Waals surface area contributed by atoms with Gasteiger partial charge in [-0.25, -0.2) is 0 Å². The minimum absolute atomic E-state index is 0.0290. The Balaban J connectivity index is 1.58. The first kappa shape index (κ1) is 22.8.